The lowest BCUT2D eigenvalue weighted by molar-refractivity contribution is -0.113. The molecule has 0 radical (unpaired) electrons. The van der Waals surface area contributed by atoms with Gasteiger partial charge in [0.2, 0.25) is 5.91 Å². The minimum absolute atomic E-state index is 0.0544. The zero-order valence-electron chi connectivity index (χ0n) is 20.1. The minimum Gasteiger partial charge on any atom is -0.497 e. The van der Waals surface area contributed by atoms with Crippen molar-refractivity contribution in [2.24, 2.45) is 0 Å². The van der Waals surface area contributed by atoms with Gasteiger partial charge in [-0.1, -0.05) is 11.8 Å². The fourth-order valence-corrected chi connectivity index (χ4v) is 4.08. The Hall–Kier alpha value is -3.90. The zero-order chi connectivity index (χ0) is 26.1. The van der Waals surface area contributed by atoms with Gasteiger partial charge >= 0.3 is 5.97 Å². The molecule has 2 aromatic carbocycles. The summed E-state index contributed by atoms with van der Waals surface area (Å²) < 4.78 is 11.5. The van der Waals surface area contributed by atoms with E-state index < -0.39 is 12.0 Å². The number of carbonyl (C=O) groups is 3. The SMILES string of the molecule is CCn1c(SCC(=O)Nc2ccc(C(=O)OC)cc2)nnc1[C@@H](CO)NC(=O)c1ccc(OC)cc1. The molecule has 0 bridgehead atoms. The second kappa shape index (κ2) is 12.7. The second-order valence-electron chi connectivity index (χ2n) is 7.43. The van der Waals surface area contributed by atoms with E-state index in [0.717, 1.165) is 0 Å². The lowest BCUT2D eigenvalue weighted by atomic mass is 10.2. The minimum atomic E-state index is -0.788. The highest BCUT2D eigenvalue weighted by molar-refractivity contribution is 7.99. The van der Waals surface area contributed by atoms with Gasteiger partial charge < -0.3 is 29.8 Å². The van der Waals surface area contributed by atoms with Gasteiger partial charge in [-0.25, -0.2) is 4.79 Å². The average molecular weight is 514 g/mol. The van der Waals surface area contributed by atoms with Crippen molar-refractivity contribution < 1.29 is 29.0 Å². The van der Waals surface area contributed by atoms with Crippen LogP contribution < -0.4 is 15.4 Å². The number of hydrogen-bond donors (Lipinski definition) is 3. The van der Waals surface area contributed by atoms with Crippen LogP contribution in [0.5, 0.6) is 5.75 Å². The number of nitrogens with one attached hydrogen (secondary N) is 2. The predicted octanol–water partition coefficient (Wildman–Crippen LogP) is 2.29. The third kappa shape index (κ3) is 6.61. The first-order valence-electron chi connectivity index (χ1n) is 11.0. The first-order chi connectivity index (χ1) is 17.4. The van der Waals surface area contributed by atoms with Gasteiger partial charge in [0.1, 0.15) is 11.8 Å². The maximum Gasteiger partial charge on any atom is 0.337 e. The summed E-state index contributed by atoms with van der Waals surface area (Å²) in [7, 11) is 2.84. The molecule has 12 heteroatoms. The molecule has 0 saturated heterocycles. The summed E-state index contributed by atoms with van der Waals surface area (Å²) in [5.41, 5.74) is 1.32. The van der Waals surface area contributed by atoms with Gasteiger partial charge in [0.25, 0.3) is 5.91 Å². The number of aliphatic hydroxyl groups is 1. The lowest BCUT2D eigenvalue weighted by Crippen LogP contribution is -2.32. The van der Waals surface area contributed by atoms with Crippen molar-refractivity contribution in [1.29, 1.82) is 0 Å². The van der Waals surface area contributed by atoms with Gasteiger partial charge in [-0.2, -0.15) is 0 Å². The number of aliphatic hydroxyl groups excluding tert-OH is 1. The number of hydrogen-bond acceptors (Lipinski definition) is 9. The number of nitrogens with zero attached hydrogens (tertiary/aromatic N) is 3. The molecule has 3 rings (SSSR count). The number of thioether (sulfide) groups is 1. The molecule has 2 amide bonds. The van der Waals surface area contributed by atoms with Crippen LogP contribution in [0.2, 0.25) is 0 Å². The highest BCUT2D eigenvalue weighted by atomic mass is 32.2. The van der Waals surface area contributed by atoms with Crippen LogP contribution in [-0.4, -0.2) is 64.2 Å². The molecule has 1 aromatic heterocycles. The van der Waals surface area contributed by atoms with Crippen molar-refractivity contribution >= 4 is 35.2 Å². The molecule has 0 aliphatic heterocycles. The Bertz CT molecular complexity index is 1200. The predicted molar refractivity (Wildman–Crippen MR) is 133 cm³/mol. The van der Waals surface area contributed by atoms with Crippen LogP contribution in [0.25, 0.3) is 0 Å². The van der Waals surface area contributed by atoms with Gasteiger partial charge in [0.05, 0.1) is 32.1 Å². The molecule has 0 aliphatic carbocycles. The molecule has 11 nitrogen and oxygen atoms in total. The van der Waals surface area contributed by atoms with E-state index in [1.165, 1.54) is 26.0 Å². The van der Waals surface area contributed by atoms with Crippen LogP contribution in [0.4, 0.5) is 5.69 Å². The smallest absolute Gasteiger partial charge is 0.337 e. The summed E-state index contributed by atoms with van der Waals surface area (Å²) in [6, 6.07) is 12.1. The third-order valence-corrected chi connectivity index (χ3v) is 6.10. The number of methoxy groups -OCH3 is 2. The molecule has 0 spiro atoms. The Kier molecular flexibility index (Phi) is 9.42. The lowest BCUT2D eigenvalue weighted by Gasteiger charge is -2.17. The first kappa shape index (κ1) is 26.7. The molecule has 36 heavy (non-hydrogen) atoms. The molecule has 1 heterocycles. The molecule has 0 aliphatic rings. The van der Waals surface area contributed by atoms with Gasteiger partial charge in [0.15, 0.2) is 11.0 Å². The number of esters is 1. The van der Waals surface area contributed by atoms with Crippen LogP contribution in [0.15, 0.2) is 53.7 Å². The van der Waals surface area contributed by atoms with E-state index in [4.69, 9.17) is 4.74 Å². The third-order valence-electron chi connectivity index (χ3n) is 5.14. The summed E-state index contributed by atoms with van der Waals surface area (Å²) in [6.07, 6.45) is 0. The summed E-state index contributed by atoms with van der Waals surface area (Å²) in [5, 5.41) is 24.2. The van der Waals surface area contributed by atoms with E-state index in [9.17, 15) is 19.5 Å². The van der Waals surface area contributed by atoms with E-state index in [0.29, 0.717) is 40.1 Å². The topological polar surface area (TPSA) is 145 Å². The van der Waals surface area contributed by atoms with Crippen molar-refractivity contribution in [1.82, 2.24) is 20.1 Å². The van der Waals surface area contributed by atoms with Crippen molar-refractivity contribution in [2.75, 3.05) is 31.9 Å². The van der Waals surface area contributed by atoms with E-state index in [-0.39, 0.29) is 24.2 Å². The van der Waals surface area contributed by atoms with Gasteiger partial charge in [-0.3, -0.25) is 9.59 Å². The number of anilines is 1. The van der Waals surface area contributed by atoms with E-state index >= 15 is 0 Å². The van der Waals surface area contributed by atoms with Gasteiger partial charge in [0, 0.05) is 17.8 Å². The summed E-state index contributed by atoms with van der Waals surface area (Å²) in [4.78, 5) is 36.6. The number of carbonyl (C=O) groups excluding carboxylic acids is 3. The molecular weight excluding hydrogens is 486 g/mol. The van der Waals surface area contributed by atoms with E-state index in [1.54, 1.807) is 53.1 Å². The number of rotatable bonds is 11. The standard InChI is InChI=1S/C24H27N5O6S/c1-4-29-21(19(13-30)26-22(32)15-7-11-18(34-2)12-8-15)27-28-24(29)36-14-20(31)25-17-9-5-16(6-10-17)23(33)35-3/h5-12,19,30H,4,13-14H2,1-3H3,(H,25,31)(H,26,32)/t19-/m1/s1. The van der Waals surface area contributed by atoms with Crippen LogP contribution in [0, 0.1) is 0 Å². The fraction of sp³-hybridized carbons (Fsp3) is 0.292. The average Bonchev–Trinajstić information content (AvgIpc) is 3.33. The quantitative estimate of drug-likeness (QED) is 0.260. The van der Waals surface area contributed by atoms with Crippen LogP contribution in [0.3, 0.4) is 0 Å². The molecule has 3 N–H and O–H groups in total. The maximum atomic E-state index is 12.7. The van der Waals surface area contributed by atoms with Crippen LogP contribution in [0.1, 0.15) is 39.5 Å². The van der Waals surface area contributed by atoms with Gasteiger partial charge in [-0.05, 0) is 55.5 Å². The normalized spacial score (nSPS) is 11.4. The number of benzene rings is 2. The Labute approximate surface area is 212 Å². The van der Waals surface area contributed by atoms with Crippen molar-refractivity contribution in [3.05, 3.63) is 65.5 Å². The molecule has 1 atom stereocenters. The Morgan fingerprint density at radius 2 is 1.69 bits per heavy atom. The van der Waals surface area contributed by atoms with E-state index in [1.807, 2.05) is 6.92 Å². The van der Waals surface area contributed by atoms with Crippen molar-refractivity contribution in [3.63, 3.8) is 0 Å². The highest BCUT2D eigenvalue weighted by Crippen LogP contribution is 2.22. The fourth-order valence-electron chi connectivity index (χ4n) is 3.27. The second-order valence-corrected chi connectivity index (χ2v) is 8.37. The molecular formula is C24H27N5O6S. The van der Waals surface area contributed by atoms with Crippen LogP contribution >= 0.6 is 11.8 Å². The Morgan fingerprint density at radius 1 is 1.03 bits per heavy atom. The monoisotopic (exact) mass is 513 g/mol. The van der Waals surface area contributed by atoms with Gasteiger partial charge in [-0.15, -0.1) is 10.2 Å². The summed E-state index contributed by atoms with van der Waals surface area (Å²) >= 11 is 1.17. The Balaban J connectivity index is 1.62. The number of aromatic nitrogens is 3. The number of amides is 2. The maximum absolute atomic E-state index is 12.7. The largest absolute Gasteiger partial charge is 0.497 e. The summed E-state index contributed by atoms with van der Waals surface area (Å²) in [6.45, 7) is 1.96. The molecule has 0 saturated carbocycles. The highest BCUT2D eigenvalue weighted by Gasteiger charge is 2.23. The molecule has 0 unspecified atom stereocenters. The van der Waals surface area contributed by atoms with Crippen LogP contribution in [-0.2, 0) is 16.1 Å². The van der Waals surface area contributed by atoms with Crippen molar-refractivity contribution in [3.8, 4) is 5.75 Å². The molecule has 0 fully saturated rings. The first-order valence-corrected chi connectivity index (χ1v) is 12.0. The van der Waals surface area contributed by atoms with E-state index in [2.05, 4.69) is 25.6 Å². The summed E-state index contributed by atoms with van der Waals surface area (Å²) in [5.74, 6) is -0.0555. The zero-order valence-corrected chi connectivity index (χ0v) is 20.9. The van der Waals surface area contributed by atoms with Crippen molar-refractivity contribution in [2.45, 2.75) is 24.7 Å². The number of ether oxygens (including phenoxy) is 2. The molecule has 190 valence electrons. The molecule has 3 aromatic rings. The Morgan fingerprint density at radius 3 is 2.28 bits per heavy atom.